The number of nitrogens with zero attached hydrogens (tertiary/aromatic N) is 1. The molecule has 3 heterocycles. The van der Waals surface area contributed by atoms with E-state index in [2.05, 4.69) is 64.6 Å². The molecule has 1 saturated heterocycles. The zero-order valence-electron chi connectivity index (χ0n) is 34.1. The SMILES string of the molecule is COc1c(OCCc2ccccc2)c(CCc2cccc(-c3cc(C4(C)CCCC4)[nH]c3N3CCNCC3)c2)c2oc(-c3ccc(O)cc3)cc(=O)c2c1OCCCO. The predicted molar refractivity (Wildman–Crippen MR) is 234 cm³/mol. The minimum Gasteiger partial charge on any atom is -0.508 e. The van der Waals surface area contributed by atoms with Gasteiger partial charge in [-0.2, -0.15) is 0 Å². The van der Waals surface area contributed by atoms with E-state index in [1.165, 1.54) is 48.8 Å². The summed E-state index contributed by atoms with van der Waals surface area (Å²) < 4.78 is 25.7. The number of hydrogen-bond acceptors (Lipinski definition) is 9. The second kappa shape index (κ2) is 18.1. The molecule has 10 heteroatoms. The molecule has 1 aliphatic heterocycles. The van der Waals surface area contributed by atoms with Crippen molar-refractivity contribution in [2.45, 2.75) is 63.7 Å². The molecule has 1 aliphatic carbocycles. The first kappa shape index (κ1) is 40.1. The highest BCUT2D eigenvalue weighted by Crippen LogP contribution is 2.48. The molecule has 2 fully saturated rings. The molecule has 4 N–H and O–H groups in total. The van der Waals surface area contributed by atoms with E-state index in [1.807, 2.05) is 18.2 Å². The summed E-state index contributed by atoms with van der Waals surface area (Å²) in [6.07, 6.45) is 7.00. The summed E-state index contributed by atoms with van der Waals surface area (Å²) in [7, 11) is 1.55. The summed E-state index contributed by atoms with van der Waals surface area (Å²) in [6.45, 7) is 6.63. The summed E-state index contributed by atoms with van der Waals surface area (Å²) in [4.78, 5) is 20.6. The maximum Gasteiger partial charge on any atom is 0.204 e. The normalized spacial score (nSPS) is 15.1. The molecule has 0 amide bonds. The second-order valence-electron chi connectivity index (χ2n) is 16.1. The fourth-order valence-corrected chi connectivity index (χ4v) is 8.72. The third-order valence-electron chi connectivity index (χ3n) is 12.0. The number of methoxy groups -OCH3 is 1. The fourth-order valence-electron chi connectivity index (χ4n) is 8.72. The van der Waals surface area contributed by atoms with Gasteiger partial charge in [0.05, 0.1) is 20.3 Å². The van der Waals surface area contributed by atoms with E-state index in [0.29, 0.717) is 66.3 Å². The highest BCUT2D eigenvalue weighted by Gasteiger charge is 2.34. The number of phenols is 1. The molecule has 2 aromatic heterocycles. The minimum atomic E-state index is -0.301. The van der Waals surface area contributed by atoms with Crippen LogP contribution >= 0.6 is 0 Å². The van der Waals surface area contributed by atoms with Crippen LogP contribution in [0.25, 0.3) is 33.4 Å². The number of aryl methyl sites for hydroxylation is 2. The van der Waals surface area contributed by atoms with Crippen LogP contribution in [0, 0.1) is 0 Å². The Bertz CT molecular complexity index is 2410. The number of aromatic hydroxyl groups is 1. The van der Waals surface area contributed by atoms with Gasteiger partial charge in [-0.05, 0) is 72.7 Å². The number of phenolic OH excluding ortho intramolecular Hbond substituents is 1. The Morgan fingerprint density at radius 3 is 2.29 bits per heavy atom. The van der Waals surface area contributed by atoms with Crippen molar-refractivity contribution in [3.8, 4) is 45.4 Å². The molecule has 8 rings (SSSR count). The molecule has 4 aromatic carbocycles. The maximum atomic E-state index is 14.2. The number of H-pyrrole nitrogens is 1. The van der Waals surface area contributed by atoms with Gasteiger partial charge in [-0.3, -0.25) is 4.79 Å². The molecular formula is C49H55N3O7. The average molecular weight is 798 g/mol. The number of aliphatic hydroxyl groups excluding tert-OH is 1. The number of piperazine rings is 1. The number of aromatic amines is 1. The van der Waals surface area contributed by atoms with Crippen molar-refractivity contribution in [2.24, 2.45) is 0 Å². The van der Waals surface area contributed by atoms with Crippen LogP contribution in [0.1, 0.15) is 61.4 Å². The van der Waals surface area contributed by atoms with Gasteiger partial charge < -0.3 is 44.0 Å². The van der Waals surface area contributed by atoms with Crippen LogP contribution in [0.5, 0.6) is 23.0 Å². The van der Waals surface area contributed by atoms with Crippen LogP contribution in [-0.4, -0.2) is 68.3 Å². The number of hydrogen-bond donors (Lipinski definition) is 4. The Kier molecular flexibility index (Phi) is 12.3. The molecule has 2 aliphatic rings. The van der Waals surface area contributed by atoms with Gasteiger partial charge in [0, 0.05) is 79.5 Å². The summed E-state index contributed by atoms with van der Waals surface area (Å²) in [5.74, 6) is 2.66. The highest BCUT2D eigenvalue weighted by atomic mass is 16.5. The van der Waals surface area contributed by atoms with Gasteiger partial charge >= 0.3 is 0 Å². The first-order chi connectivity index (χ1) is 28.8. The van der Waals surface area contributed by atoms with Crippen LogP contribution in [0.4, 0.5) is 5.82 Å². The monoisotopic (exact) mass is 797 g/mol. The van der Waals surface area contributed by atoms with Crippen molar-refractivity contribution in [2.75, 3.05) is 58.0 Å². The number of fused-ring (bicyclic) bond motifs is 1. The van der Waals surface area contributed by atoms with Crippen LogP contribution in [0.15, 0.2) is 100 Å². The number of rotatable bonds is 16. The van der Waals surface area contributed by atoms with Crippen molar-refractivity contribution in [3.05, 3.63) is 124 Å². The first-order valence-electron chi connectivity index (χ1n) is 21.0. The number of nitrogens with one attached hydrogen (secondary N) is 2. The van der Waals surface area contributed by atoms with Crippen molar-refractivity contribution < 1.29 is 28.8 Å². The van der Waals surface area contributed by atoms with E-state index in [0.717, 1.165) is 42.9 Å². The van der Waals surface area contributed by atoms with Crippen molar-refractivity contribution in [3.63, 3.8) is 0 Å². The van der Waals surface area contributed by atoms with Gasteiger partial charge in [-0.15, -0.1) is 0 Å². The number of benzene rings is 4. The fraction of sp³-hybridized carbons (Fsp3) is 0.367. The molecule has 0 bridgehead atoms. The molecule has 0 radical (unpaired) electrons. The minimum absolute atomic E-state index is 0.0719. The zero-order valence-corrected chi connectivity index (χ0v) is 34.1. The molecular weight excluding hydrogens is 743 g/mol. The Balaban J connectivity index is 1.22. The first-order valence-corrected chi connectivity index (χ1v) is 21.0. The van der Waals surface area contributed by atoms with Gasteiger partial charge in [0.15, 0.2) is 16.9 Å². The number of anilines is 1. The summed E-state index contributed by atoms with van der Waals surface area (Å²) >= 11 is 0. The van der Waals surface area contributed by atoms with E-state index >= 15 is 0 Å². The van der Waals surface area contributed by atoms with Crippen LogP contribution in [-0.2, 0) is 24.7 Å². The smallest absolute Gasteiger partial charge is 0.204 e. The molecule has 308 valence electrons. The zero-order chi connectivity index (χ0) is 40.8. The number of aromatic nitrogens is 1. The topological polar surface area (TPSA) is 129 Å². The Morgan fingerprint density at radius 1 is 0.797 bits per heavy atom. The highest BCUT2D eigenvalue weighted by molar-refractivity contribution is 5.93. The van der Waals surface area contributed by atoms with Gasteiger partial charge in [0.2, 0.25) is 5.75 Å². The lowest BCUT2D eigenvalue weighted by molar-refractivity contribution is 0.226. The van der Waals surface area contributed by atoms with Crippen LogP contribution in [0.3, 0.4) is 0 Å². The van der Waals surface area contributed by atoms with Crippen molar-refractivity contribution >= 4 is 16.8 Å². The molecule has 1 saturated carbocycles. The Labute approximate surface area is 345 Å². The molecule has 0 unspecified atom stereocenters. The lowest BCUT2D eigenvalue weighted by Crippen LogP contribution is -2.43. The van der Waals surface area contributed by atoms with Gasteiger partial charge in [-0.25, -0.2) is 0 Å². The third kappa shape index (κ3) is 8.70. The van der Waals surface area contributed by atoms with Crippen molar-refractivity contribution in [1.82, 2.24) is 10.3 Å². The lowest BCUT2D eigenvalue weighted by Gasteiger charge is -2.30. The molecule has 6 aromatic rings. The van der Waals surface area contributed by atoms with E-state index in [9.17, 15) is 15.0 Å². The second-order valence-corrected chi connectivity index (χ2v) is 16.1. The van der Waals surface area contributed by atoms with Crippen LogP contribution < -0.4 is 29.9 Å². The van der Waals surface area contributed by atoms with E-state index in [1.54, 1.807) is 31.4 Å². The van der Waals surface area contributed by atoms with Crippen molar-refractivity contribution in [1.29, 1.82) is 0 Å². The van der Waals surface area contributed by atoms with Gasteiger partial charge in [0.25, 0.3) is 0 Å². The summed E-state index contributed by atoms with van der Waals surface area (Å²) in [5.41, 5.74) is 7.50. The largest absolute Gasteiger partial charge is 0.508 e. The molecule has 0 spiro atoms. The average Bonchev–Trinajstić information content (AvgIpc) is 3.93. The molecule has 0 atom stereocenters. The van der Waals surface area contributed by atoms with Gasteiger partial charge in [-0.1, -0.05) is 74.4 Å². The van der Waals surface area contributed by atoms with E-state index in [-0.39, 0.29) is 40.9 Å². The number of aliphatic hydroxyl groups is 1. The summed E-state index contributed by atoms with van der Waals surface area (Å²) in [6, 6.07) is 29.3. The van der Waals surface area contributed by atoms with Gasteiger partial charge in [0.1, 0.15) is 28.3 Å². The molecule has 10 nitrogen and oxygen atoms in total. The summed E-state index contributed by atoms with van der Waals surface area (Å²) in [5, 5.41) is 23.4. The van der Waals surface area contributed by atoms with E-state index in [4.69, 9.17) is 18.6 Å². The Morgan fingerprint density at radius 2 is 1.54 bits per heavy atom. The molecule has 59 heavy (non-hydrogen) atoms. The quantitative estimate of drug-likeness (QED) is 0.0712. The third-order valence-corrected chi connectivity index (χ3v) is 12.0. The Hall–Kier alpha value is -5.71. The lowest BCUT2D eigenvalue weighted by atomic mass is 9.85. The number of ether oxygens (including phenoxy) is 3. The predicted octanol–water partition coefficient (Wildman–Crippen LogP) is 8.58. The van der Waals surface area contributed by atoms with Crippen LogP contribution in [0.2, 0.25) is 0 Å². The standard InChI is InChI=1S/C49H55N3O7/c1-49(21-6-7-22-49)42-31-39(48(51-42)52-25-23-50-24-26-52)36-13-8-12-34(30-36)14-19-38-44-43(40(55)32-41(59-44)35-15-17-37(54)18-16-35)46(57-28-9-27-53)47(56-2)45(38)58-29-20-33-10-4-3-5-11-33/h3-5,8,10-13,15-18,30-32,50-51,53-54H,6-7,9,14,19-29H2,1-2H3. The maximum absolute atomic E-state index is 14.2. The van der Waals surface area contributed by atoms with E-state index < -0.39 is 0 Å².